The van der Waals surface area contributed by atoms with E-state index in [1.807, 2.05) is 36.4 Å². The Balaban J connectivity index is 1.39. The quantitative estimate of drug-likeness (QED) is 0.375. The molecule has 0 fully saturated rings. The van der Waals surface area contributed by atoms with Crippen LogP contribution in [0, 0.1) is 5.92 Å². The number of hydrogen-bond donors (Lipinski definition) is 4. The Morgan fingerprint density at radius 1 is 1.03 bits per heavy atom. The number of imidazole rings is 1. The molecular weight excluding hydrogens is 448 g/mol. The summed E-state index contributed by atoms with van der Waals surface area (Å²) < 4.78 is 5.55. The van der Waals surface area contributed by atoms with Crippen LogP contribution >= 0.6 is 0 Å². The summed E-state index contributed by atoms with van der Waals surface area (Å²) in [6.07, 6.45) is 2.24. The Hall–Kier alpha value is -4.14. The summed E-state index contributed by atoms with van der Waals surface area (Å²) in [5.41, 5.74) is 4.98. The number of carbonyl (C=O) groups is 3. The Morgan fingerprint density at radius 3 is 2.20 bits per heavy atom. The van der Waals surface area contributed by atoms with Crippen molar-refractivity contribution in [1.29, 1.82) is 0 Å². The van der Waals surface area contributed by atoms with Crippen molar-refractivity contribution in [3.63, 3.8) is 0 Å². The number of aromatic amines is 1. The molecule has 9 nitrogen and oxygen atoms in total. The number of amides is 2. The number of aromatic nitrogens is 2. The van der Waals surface area contributed by atoms with E-state index in [9.17, 15) is 19.5 Å². The van der Waals surface area contributed by atoms with Crippen molar-refractivity contribution in [2.45, 2.75) is 38.3 Å². The zero-order chi connectivity index (χ0) is 24.9. The number of nitrogens with zero attached hydrogens (tertiary/aromatic N) is 1. The second-order valence-corrected chi connectivity index (χ2v) is 8.87. The van der Waals surface area contributed by atoms with E-state index in [1.165, 1.54) is 12.5 Å². The van der Waals surface area contributed by atoms with Crippen LogP contribution in [0.5, 0.6) is 0 Å². The average molecular weight is 477 g/mol. The van der Waals surface area contributed by atoms with Crippen LogP contribution in [0.15, 0.2) is 61.1 Å². The number of carboxylic acid groups (broad SMARTS) is 1. The topological polar surface area (TPSA) is 133 Å². The Bertz CT molecular complexity index is 1160. The van der Waals surface area contributed by atoms with Crippen molar-refractivity contribution in [1.82, 2.24) is 20.6 Å². The first kappa shape index (κ1) is 24.0. The van der Waals surface area contributed by atoms with Gasteiger partial charge in [0.25, 0.3) is 0 Å². The fraction of sp³-hybridized carbons (Fsp3) is 0.308. The Kier molecular flexibility index (Phi) is 7.14. The van der Waals surface area contributed by atoms with Gasteiger partial charge in [-0.15, -0.1) is 0 Å². The van der Waals surface area contributed by atoms with E-state index in [2.05, 4.69) is 32.7 Å². The van der Waals surface area contributed by atoms with Gasteiger partial charge in [0.1, 0.15) is 18.7 Å². The van der Waals surface area contributed by atoms with E-state index >= 15 is 0 Å². The number of H-pyrrole nitrogens is 1. The normalized spacial score (nSPS) is 14.0. The van der Waals surface area contributed by atoms with Crippen LogP contribution in [0.4, 0.5) is 4.79 Å². The third-order valence-corrected chi connectivity index (χ3v) is 6.16. The molecule has 2 aromatic carbocycles. The number of hydrogen-bond acceptors (Lipinski definition) is 5. The molecule has 1 aliphatic rings. The van der Waals surface area contributed by atoms with Gasteiger partial charge in [-0.3, -0.25) is 4.79 Å². The minimum Gasteiger partial charge on any atom is -0.480 e. The van der Waals surface area contributed by atoms with Crippen LogP contribution in [0.3, 0.4) is 0 Å². The van der Waals surface area contributed by atoms with Crippen molar-refractivity contribution in [2.75, 3.05) is 6.61 Å². The Labute approximate surface area is 202 Å². The number of alkyl carbamates (subject to hydrolysis) is 1. The van der Waals surface area contributed by atoms with Crippen molar-refractivity contribution >= 4 is 18.0 Å². The van der Waals surface area contributed by atoms with Gasteiger partial charge >= 0.3 is 12.1 Å². The van der Waals surface area contributed by atoms with E-state index in [-0.39, 0.29) is 24.9 Å². The molecule has 0 saturated heterocycles. The molecule has 1 heterocycles. The Morgan fingerprint density at radius 2 is 1.66 bits per heavy atom. The zero-order valence-corrected chi connectivity index (χ0v) is 19.5. The molecule has 0 aliphatic heterocycles. The van der Waals surface area contributed by atoms with E-state index in [0.717, 1.165) is 22.3 Å². The molecule has 2 unspecified atom stereocenters. The third kappa shape index (κ3) is 5.34. The highest BCUT2D eigenvalue weighted by molar-refractivity contribution is 5.89. The van der Waals surface area contributed by atoms with Crippen LogP contribution in [0.1, 0.15) is 36.6 Å². The highest BCUT2D eigenvalue weighted by atomic mass is 16.5. The van der Waals surface area contributed by atoms with Gasteiger partial charge in [-0.25, -0.2) is 14.6 Å². The molecule has 2 amide bonds. The van der Waals surface area contributed by atoms with Crippen LogP contribution in [-0.4, -0.2) is 51.7 Å². The largest absolute Gasteiger partial charge is 0.480 e. The average Bonchev–Trinajstić information content (AvgIpc) is 3.46. The number of carboxylic acids is 1. The van der Waals surface area contributed by atoms with Crippen molar-refractivity contribution < 1.29 is 24.2 Å². The minimum absolute atomic E-state index is 0.0385. The smallest absolute Gasteiger partial charge is 0.407 e. The molecule has 0 spiro atoms. The predicted octanol–water partition coefficient (Wildman–Crippen LogP) is 3.08. The standard InChI is InChI=1S/C26H28N4O5/c1-15(2)23(24(31)29-22(25(32)33)11-16-12-27-14-28-16)30-26(34)35-13-21-19-9-5-3-7-17(19)18-8-4-6-10-20(18)21/h3-10,12,14-15,21-23H,11,13H2,1-2H3,(H,27,28)(H,29,31)(H,30,34)(H,32,33). The first-order valence-corrected chi connectivity index (χ1v) is 11.5. The zero-order valence-electron chi connectivity index (χ0n) is 19.5. The van der Waals surface area contributed by atoms with E-state index in [0.29, 0.717) is 5.69 Å². The van der Waals surface area contributed by atoms with Gasteiger partial charge in [-0.05, 0) is 28.2 Å². The maximum Gasteiger partial charge on any atom is 0.407 e. The van der Waals surface area contributed by atoms with Crippen LogP contribution < -0.4 is 10.6 Å². The third-order valence-electron chi connectivity index (χ3n) is 6.16. The molecule has 35 heavy (non-hydrogen) atoms. The molecule has 0 saturated carbocycles. The lowest BCUT2D eigenvalue weighted by atomic mass is 9.98. The molecule has 0 bridgehead atoms. The van der Waals surface area contributed by atoms with Gasteiger partial charge in [-0.2, -0.15) is 0 Å². The minimum atomic E-state index is -1.18. The molecule has 4 N–H and O–H groups in total. The van der Waals surface area contributed by atoms with Crippen LogP contribution in [0.25, 0.3) is 11.1 Å². The van der Waals surface area contributed by atoms with Crippen LogP contribution in [0.2, 0.25) is 0 Å². The summed E-state index contributed by atoms with van der Waals surface area (Å²) in [5.74, 6) is -2.18. The monoisotopic (exact) mass is 476 g/mol. The molecule has 182 valence electrons. The van der Waals surface area contributed by atoms with Crippen molar-refractivity contribution in [2.24, 2.45) is 5.92 Å². The van der Waals surface area contributed by atoms with E-state index in [1.54, 1.807) is 13.8 Å². The SMILES string of the molecule is CC(C)C(NC(=O)OCC1c2ccccc2-c2ccccc21)C(=O)NC(Cc1cnc[nH]1)C(=O)O. The number of rotatable bonds is 9. The van der Waals surface area contributed by atoms with Crippen molar-refractivity contribution in [3.8, 4) is 11.1 Å². The van der Waals surface area contributed by atoms with Gasteiger partial charge in [0.2, 0.25) is 5.91 Å². The fourth-order valence-electron chi connectivity index (χ4n) is 4.38. The number of aliphatic carboxylic acids is 1. The summed E-state index contributed by atoms with van der Waals surface area (Å²) in [4.78, 5) is 43.9. The van der Waals surface area contributed by atoms with Gasteiger partial charge in [-0.1, -0.05) is 62.4 Å². The summed E-state index contributed by atoms with van der Waals surface area (Å²) in [5, 5.41) is 14.6. The summed E-state index contributed by atoms with van der Waals surface area (Å²) >= 11 is 0. The highest BCUT2D eigenvalue weighted by Crippen LogP contribution is 2.44. The molecule has 4 rings (SSSR count). The first-order chi connectivity index (χ1) is 16.8. The number of benzene rings is 2. The first-order valence-electron chi connectivity index (χ1n) is 11.5. The second-order valence-electron chi connectivity index (χ2n) is 8.87. The number of carbonyl (C=O) groups excluding carboxylic acids is 2. The van der Waals surface area contributed by atoms with E-state index in [4.69, 9.17) is 4.74 Å². The maximum absolute atomic E-state index is 12.9. The van der Waals surface area contributed by atoms with Gasteiger partial charge < -0.3 is 25.5 Å². The number of fused-ring (bicyclic) bond motifs is 3. The molecule has 9 heteroatoms. The van der Waals surface area contributed by atoms with E-state index < -0.39 is 30.1 Å². The lowest BCUT2D eigenvalue weighted by molar-refractivity contribution is -0.142. The number of ether oxygens (including phenoxy) is 1. The van der Waals surface area contributed by atoms with Gasteiger partial charge in [0.15, 0.2) is 0 Å². The lowest BCUT2D eigenvalue weighted by Crippen LogP contribution is -2.54. The molecule has 1 aromatic heterocycles. The highest BCUT2D eigenvalue weighted by Gasteiger charge is 2.32. The molecule has 0 radical (unpaired) electrons. The predicted molar refractivity (Wildman–Crippen MR) is 129 cm³/mol. The molecule has 1 aliphatic carbocycles. The summed E-state index contributed by atoms with van der Waals surface area (Å²) in [6, 6.07) is 13.9. The van der Waals surface area contributed by atoms with Crippen molar-refractivity contribution in [3.05, 3.63) is 77.9 Å². The second kappa shape index (κ2) is 10.4. The summed E-state index contributed by atoms with van der Waals surface area (Å²) in [7, 11) is 0. The van der Waals surface area contributed by atoms with Gasteiger partial charge in [0, 0.05) is 24.2 Å². The van der Waals surface area contributed by atoms with Gasteiger partial charge in [0.05, 0.1) is 6.33 Å². The lowest BCUT2D eigenvalue weighted by Gasteiger charge is -2.24. The maximum atomic E-state index is 12.9. The molecular formula is C26H28N4O5. The van der Waals surface area contributed by atoms with Crippen LogP contribution in [-0.2, 0) is 20.7 Å². The molecule has 3 aromatic rings. The molecule has 2 atom stereocenters. The fourth-order valence-corrected chi connectivity index (χ4v) is 4.38. The number of nitrogens with one attached hydrogen (secondary N) is 3. The summed E-state index contributed by atoms with van der Waals surface area (Å²) in [6.45, 7) is 3.64.